The predicted octanol–water partition coefficient (Wildman–Crippen LogP) is 2.61. The molecule has 0 N–H and O–H groups in total. The van der Waals surface area contributed by atoms with E-state index in [0.29, 0.717) is 24.8 Å². The molecule has 0 aromatic carbocycles. The van der Waals surface area contributed by atoms with Crippen LogP contribution in [-0.2, 0) is 9.53 Å². The molecular formula is C14H19BrN2O3. The molecular weight excluding hydrogens is 324 g/mol. The zero-order valence-electron chi connectivity index (χ0n) is 11.8. The standard InChI is InChI=1S/C14H19BrN2O3/c1-3-16(7-6-13(18)20-2)14(19)12-8-10(15)9-17(12)11-4-5-11/h8-9,11H,3-7H2,1-2H3. The van der Waals surface area contributed by atoms with Crippen molar-refractivity contribution >= 4 is 27.8 Å². The van der Waals surface area contributed by atoms with Gasteiger partial charge in [-0.05, 0) is 41.8 Å². The molecule has 0 radical (unpaired) electrons. The number of ether oxygens (including phenoxy) is 1. The van der Waals surface area contributed by atoms with Gasteiger partial charge in [0, 0.05) is 29.8 Å². The van der Waals surface area contributed by atoms with Gasteiger partial charge in [-0.15, -0.1) is 0 Å². The van der Waals surface area contributed by atoms with Gasteiger partial charge in [-0.1, -0.05) is 0 Å². The van der Waals surface area contributed by atoms with Crippen molar-refractivity contribution in [2.24, 2.45) is 0 Å². The first-order valence-electron chi connectivity index (χ1n) is 6.80. The predicted molar refractivity (Wildman–Crippen MR) is 78.6 cm³/mol. The number of nitrogens with zero attached hydrogens (tertiary/aromatic N) is 2. The van der Waals surface area contributed by atoms with E-state index in [1.807, 2.05) is 23.8 Å². The molecule has 1 heterocycles. The summed E-state index contributed by atoms with van der Waals surface area (Å²) in [5.74, 6) is -0.330. The molecule has 1 aromatic rings. The molecule has 0 atom stereocenters. The first-order valence-corrected chi connectivity index (χ1v) is 7.59. The number of hydrogen-bond acceptors (Lipinski definition) is 3. The summed E-state index contributed by atoms with van der Waals surface area (Å²) in [4.78, 5) is 25.5. The van der Waals surface area contributed by atoms with Crippen LogP contribution in [0.4, 0.5) is 0 Å². The Balaban J connectivity index is 2.09. The summed E-state index contributed by atoms with van der Waals surface area (Å²) in [6.07, 6.45) is 4.42. The normalized spacial score (nSPS) is 14.2. The van der Waals surface area contributed by atoms with E-state index in [1.54, 1.807) is 4.90 Å². The smallest absolute Gasteiger partial charge is 0.307 e. The summed E-state index contributed by atoms with van der Waals surface area (Å²) in [6, 6.07) is 2.29. The average Bonchev–Trinajstić information content (AvgIpc) is 3.21. The molecule has 2 rings (SSSR count). The Hall–Kier alpha value is -1.30. The summed E-state index contributed by atoms with van der Waals surface area (Å²) in [5.41, 5.74) is 0.686. The van der Waals surface area contributed by atoms with E-state index in [1.165, 1.54) is 7.11 Å². The summed E-state index contributed by atoms with van der Waals surface area (Å²) in [6.45, 7) is 2.87. The molecule has 0 bridgehead atoms. The molecule has 0 saturated heterocycles. The van der Waals surface area contributed by atoms with Crippen LogP contribution >= 0.6 is 15.9 Å². The van der Waals surface area contributed by atoms with Crippen molar-refractivity contribution in [1.82, 2.24) is 9.47 Å². The highest BCUT2D eigenvalue weighted by molar-refractivity contribution is 9.10. The summed E-state index contributed by atoms with van der Waals surface area (Å²) in [5, 5.41) is 0. The van der Waals surface area contributed by atoms with Crippen molar-refractivity contribution < 1.29 is 14.3 Å². The van der Waals surface area contributed by atoms with E-state index in [0.717, 1.165) is 17.3 Å². The molecule has 20 heavy (non-hydrogen) atoms. The van der Waals surface area contributed by atoms with Crippen LogP contribution in [0, 0.1) is 0 Å². The highest BCUT2D eigenvalue weighted by Gasteiger charge is 2.29. The van der Waals surface area contributed by atoms with E-state index >= 15 is 0 Å². The Morgan fingerprint density at radius 3 is 2.75 bits per heavy atom. The van der Waals surface area contributed by atoms with Crippen LogP contribution < -0.4 is 0 Å². The molecule has 1 aromatic heterocycles. The number of carbonyl (C=O) groups excluding carboxylic acids is 2. The van der Waals surface area contributed by atoms with Gasteiger partial charge >= 0.3 is 5.97 Å². The molecule has 1 amide bonds. The molecule has 1 aliphatic carbocycles. The second-order valence-electron chi connectivity index (χ2n) is 4.89. The maximum absolute atomic E-state index is 12.6. The molecule has 110 valence electrons. The lowest BCUT2D eigenvalue weighted by molar-refractivity contribution is -0.140. The van der Waals surface area contributed by atoms with Gasteiger partial charge in [0.2, 0.25) is 0 Å². The first-order chi connectivity index (χ1) is 9.56. The fourth-order valence-electron chi connectivity index (χ4n) is 2.17. The van der Waals surface area contributed by atoms with Crippen LogP contribution in [0.15, 0.2) is 16.7 Å². The first kappa shape index (κ1) is 15.1. The van der Waals surface area contributed by atoms with Gasteiger partial charge in [-0.25, -0.2) is 0 Å². The van der Waals surface area contributed by atoms with Crippen LogP contribution in [0.3, 0.4) is 0 Å². The third kappa shape index (κ3) is 3.42. The highest BCUT2D eigenvalue weighted by Crippen LogP contribution is 2.37. The SMILES string of the molecule is CCN(CCC(=O)OC)C(=O)c1cc(Br)cn1C1CC1. The number of amides is 1. The maximum Gasteiger partial charge on any atom is 0.307 e. The van der Waals surface area contributed by atoms with Gasteiger partial charge < -0.3 is 14.2 Å². The fourth-order valence-corrected chi connectivity index (χ4v) is 2.60. The van der Waals surface area contributed by atoms with E-state index in [2.05, 4.69) is 20.7 Å². The Bertz CT molecular complexity index is 509. The number of hydrogen-bond donors (Lipinski definition) is 0. The lowest BCUT2D eigenvalue weighted by Crippen LogP contribution is -2.34. The quantitative estimate of drug-likeness (QED) is 0.746. The van der Waals surface area contributed by atoms with Crippen molar-refractivity contribution in [2.45, 2.75) is 32.2 Å². The molecule has 1 fully saturated rings. The van der Waals surface area contributed by atoms with Crippen molar-refractivity contribution in [3.63, 3.8) is 0 Å². The number of aromatic nitrogens is 1. The van der Waals surface area contributed by atoms with Crippen molar-refractivity contribution in [3.05, 3.63) is 22.4 Å². The molecule has 1 saturated carbocycles. The molecule has 0 aliphatic heterocycles. The molecule has 5 nitrogen and oxygen atoms in total. The van der Waals surface area contributed by atoms with Crippen molar-refractivity contribution in [2.75, 3.05) is 20.2 Å². The summed E-state index contributed by atoms with van der Waals surface area (Å²) >= 11 is 3.43. The third-order valence-corrected chi connectivity index (χ3v) is 3.89. The van der Waals surface area contributed by atoms with Gasteiger partial charge in [0.1, 0.15) is 5.69 Å². The van der Waals surface area contributed by atoms with Crippen LogP contribution in [0.1, 0.15) is 42.7 Å². The minimum absolute atomic E-state index is 0.0333. The van der Waals surface area contributed by atoms with Gasteiger partial charge in [0.15, 0.2) is 0 Å². The maximum atomic E-state index is 12.6. The van der Waals surface area contributed by atoms with Crippen LogP contribution in [0.2, 0.25) is 0 Å². The molecule has 0 unspecified atom stereocenters. The largest absolute Gasteiger partial charge is 0.469 e. The topological polar surface area (TPSA) is 51.5 Å². The third-order valence-electron chi connectivity index (χ3n) is 3.46. The second kappa shape index (κ2) is 6.43. The van der Waals surface area contributed by atoms with Gasteiger partial charge in [0.05, 0.1) is 13.5 Å². The lowest BCUT2D eigenvalue weighted by atomic mass is 10.3. The fraction of sp³-hybridized carbons (Fsp3) is 0.571. The van der Waals surface area contributed by atoms with E-state index in [-0.39, 0.29) is 18.3 Å². The number of rotatable bonds is 6. The molecule has 6 heteroatoms. The Morgan fingerprint density at radius 1 is 1.50 bits per heavy atom. The number of esters is 1. The van der Waals surface area contributed by atoms with E-state index < -0.39 is 0 Å². The molecule has 0 spiro atoms. The Labute approximate surface area is 127 Å². The second-order valence-corrected chi connectivity index (χ2v) is 5.81. The Morgan fingerprint density at radius 2 is 2.20 bits per heavy atom. The minimum atomic E-state index is -0.296. The Kier molecular flexibility index (Phi) is 4.86. The average molecular weight is 343 g/mol. The molecule has 1 aliphatic rings. The zero-order chi connectivity index (χ0) is 14.7. The van der Waals surface area contributed by atoms with Gasteiger partial charge in [0.25, 0.3) is 5.91 Å². The lowest BCUT2D eigenvalue weighted by Gasteiger charge is -2.21. The van der Waals surface area contributed by atoms with Crippen LogP contribution in [0.25, 0.3) is 0 Å². The van der Waals surface area contributed by atoms with Gasteiger partial charge in [-0.2, -0.15) is 0 Å². The number of halogens is 1. The zero-order valence-corrected chi connectivity index (χ0v) is 13.4. The van der Waals surface area contributed by atoms with E-state index in [9.17, 15) is 9.59 Å². The summed E-state index contributed by atoms with van der Waals surface area (Å²) in [7, 11) is 1.36. The van der Waals surface area contributed by atoms with Gasteiger partial charge in [-0.3, -0.25) is 9.59 Å². The monoisotopic (exact) mass is 342 g/mol. The van der Waals surface area contributed by atoms with Crippen molar-refractivity contribution in [3.8, 4) is 0 Å². The highest BCUT2D eigenvalue weighted by atomic mass is 79.9. The van der Waals surface area contributed by atoms with Crippen molar-refractivity contribution in [1.29, 1.82) is 0 Å². The summed E-state index contributed by atoms with van der Waals surface area (Å²) < 4.78 is 7.57. The number of carbonyl (C=O) groups is 2. The number of methoxy groups -OCH3 is 1. The van der Waals surface area contributed by atoms with Crippen LogP contribution in [-0.4, -0.2) is 41.5 Å². The minimum Gasteiger partial charge on any atom is -0.469 e. The van der Waals surface area contributed by atoms with Crippen LogP contribution in [0.5, 0.6) is 0 Å². The van der Waals surface area contributed by atoms with E-state index in [4.69, 9.17) is 0 Å².